The number of thioether (sulfide) groups is 1. The fourth-order valence-corrected chi connectivity index (χ4v) is 2.89. The van der Waals surface area contributed by atoms with Gasteiger partial charge in [0, 0.05) is 0 Å². The van der Waals surface area contributed by atoms with Crippen molar-refractivity contribution in [3.05, 3.63) is 59.0 Å². The van der Waals surface area contributed by atoms with Crippen molar-refractivity contribution in [2.24, 2.45) is 0 Å². The van der Waals surface area contributed by atoms with E-state index in [0.717, 1.165) is 16.6 Å². The summed E-state index contributed by atoms with van der Waals surface area (Å²) in [6, 6.07) is 17.4. The average molecular weight is 331 g/mol. The number of aromatic amines is 1. The van der Waals surface area contributed by atoms with Gasteiger partial charge in [0.25, 0.3) is 0 Å². The van der Waals surface area contributed by atoms with Crippen molar-refractivity contribution in [1.29, 1.82) is 5.26 Å². The first-order valence-electron chi connectivity index (χ1n) is 7.19. The molecule has 0 amide bonds. The molecular formula is C19H13N3OS. The number of nitrogens with one attached hydrogen (secondary N) is 1. The van der Waals surface area contributed by atoms with Crippen LogP contribution in [-0.2, 0) is 0 Å². The molecule has 116 valence electrons. The van der Waals surface area contributed by atoms with Crippen molar-refractivity contribution in [2.45, 2.75) is 5.16 Å². The monoisotopic (exact) mass is 331 g/mol. The van der Waals surface area contributed by atoms with Crippen LogP contribution < -0.4 is 4.74 Å². The van der Waals surface area contributed by atoms with E-state index in [-0.39, 0.29) is 6.61 Å². The molecule has 4 nitrogen and oxygen atoms in total. The molecule has 2 aromatic carbocycles. The number of fused-ring (bicyclic) bond motifs is 1. The highest BCUT2D eigenvalue weighted by molar-refractivity contribution is 8.03. The number of aromatic nitrogens is 2. The van der Waals surface area contributed by atoms with Crippen LogP contribution in [0.5, 0.6) is 5.75 Å². The van der Waals surface area contributed by atoms with Gasteiger partial charge in [0.15, 0.2) is 5.16 Å². The molecule has 0 saturated heterocycles. The quantitative estimate of drug-likeness (QED) is 0.432. The van der Waals surface area contributed by atoms with Gasteiger partial charge >= 0.3 is 0 Å². The summed E-state index contributed by atoms with van der Waals surface area (Å²) >= 11 is 1.29. The molecule has 0 aliphatic carbocycles. The molecule has 0 spiro atoms. The van der Waals surface area contributed by atoms with Crippen molar-refractivity contribution >= 4 is 28.9 Å². The largest absolute Gasteiger partial charge is 0.481 e. The van der Waals surface area contributed by atoms with Gasteiger partial charge < -0.3 is 9.72 Å². The minimum absolute atomic E-state index is 0.214. The van der Waals surface area contributed by atoms with Crippen molar-refractivity contribution in [3.8, 4) is 24.2 Å². The Labute approximate surface area is 144 Å². The fourth-order valence-electron chi connectivity index (χ4n) is 2.14. The number of hydrogen-bond donors (Lipinski definition) is 1. The Morgan fingerprint density at radius 3 is 2.96 bits per heavy atom. The fraction of sp³-hybridized carbons (Fsp3) is 0.0526. The topological polar surface area (TPSA) is 61.7 Å². The van der Waals surface area contributed by atoms with Crippen LogP contribution in [-0.4, -0.2) is 16.6 Å². The predicted octanol–water partition coefficient (Wildman–Crippen LogP) is 4.23. The Morgan fingerprint density at radius 1 is 1.29 bits per heavy atom. The molecule has 24 heavy (non-hydrogen) atoms. The SMILES string of the molecule is C#CCOc1cccc(/C=C(\C#N)Sc2nc3ccccc3[nH]2)c1. The second-order valence-electron chi connectivity index (χ2n) is 4.85. The lowest BCUT2D eigenvalue weighted by Gasteiger charge is -2.03. The Kier molecular flexibility index (Phi) is 4.86. The average Bonchev–Trinajstić information content (AvgIpc) is 3.02. The van der Waals surface area contributed by atoms with E-state index in [2.05, 4.69) is 22.0 Å². The molecule has 0 aliphatic rings. The third-order valence-electron chi connectivity index (χ3n) is 3.16. The van der Waals surface area contributed by atoms with Gasteiger partial charge in [-0.05, 0) is 47.7 Å². The van der Waals surface area contributed by atoms with Crippen LogP contribution in [0.3, 0.4) is 0 Å². The number of nitrogens with zero attached hydrogens (tertiary/aromatic N) is 2. The van der Waals surface area contributed by atoms with E-state index in [0.29, 0.717) is 15.8 Å². The summed E-state index contributed by atoms with van der Waals surface area (Å²) in [5.74, 6) is 3.10. The highest BCUT2D eigenvalue weighted by Gasteiger charge is 2.06. The van der Waals surface area contributed by atoms with Gasteiger partial charge in [-0.3, -0.25) is 0 Å². The number of H-pyrrole nitrogens is 1. The molecule has 0 fully saturated rings. The number of imidazole rings is 1. The number of rotatable bonds is 5. The smallest absolute Gasteiger partial charge is 0.171 e. The number of allylic oxidation sites excluding steroid dienone is 1. The minimum Gasteiger partial charge on any atom is -0.481 e. The van der Waals surface area contributed by atoms with Gasteiger partial charge in [-0.1, -0.05) is 30.2 Å². The third kappa shape index (κ3) is 3.78. The number of benzene rings is 2. The van der Waals surface area contributed by atoms with E-state index in [9.17, 15) is 5.26 Å². The highest BCUT2D eigenvalue weighted by Crippen LogP contribution is 2.28. The maximum atomic E-state index is 9.40. The zero-order chi connectivity index (χ0) is 16.8. The summed E-state index contributed by atoms with van der Waals surface area (Å²) in [4.78, 5) is 8.20. The van der Waals surface area contributed by atoms with Crippen LogP contribution >= 0.6 is 11.8 Å². The molecule has 3 aromatic rings. The first kappa shape index (κ1) is 15.7. The van der Waals surface area contributed by atoms with Crippen molar-refractivity contribution in [2.75, 3.05) is 6.61 Å². The van der Waals surface area contributed by atoms with Crippen molar-refractivity contribution < 1.29 is 4.74 Å². The predicted molar refractivity (Wildman–Crippen MR) is 96.3 cm³/mol. The third-order valence-corrected chi connectivity index (χ3v) is 3.98. The van der Waals surface area contributed by atoms with E-state index in [1.807, 2.05) is 48.5 Å². The van der Waals surface area contributed by atoms with Gasteiger partial charge in [0.2, 0.25) is 0 Å². The summed E-state index contributed by atoms with van der Waals surface area (Å²) in [5, 5.41) is 10.1. The van der Waals surface area contributed by atoms with Crippen LogP contribution in [0.15, 0.2) is 58.6 Å². The number of para-hydroxylation sites is 2. The summed E-state index contributed by atoms with van der Waals surface area (Å²) in [5.41, 5.74) is 2.69. The zero-order valence-electron chi connectivity index (χ0n) is 12.7. The van der Waals surface area contributed by atoms with Gasteiger partial charge in [0.05, 0.1) is 15.9 Å². The molecule has 1 heterocycles. The van der Waals surface area contributed by atoms with Gasteiger partial charge in [-0.15, -0.1) is 6.42 Å². The van der Waals surface area contributed by atoms with E-state index in [1.165, 1.54) is 11.8 Å². The van der Waals surface area contributed by atoms with E-state index >= 15 is 0 Å². The second-order valence-corrected chi connectivity index (χ2v) is 5.88. The molecule has 0 bridgehead atoms. The van der Waals surface area contributed by atoms with Crippen LogP contribution in [0.4, 0.5) is 0 Å². The zero-order valence-corrected chi connectivity index (χ0v) is 13.5. The Balaban J connectivity index is 1.82. The molecule has 1 N–H and O–H groups in total. The first-order valence-corrected chi connectivity index (χ1v) is 8.01. The lowest BCUT2D eigenvalue weighted by molar-refractivity contribution is 0.370. The van der Waals surface area contributed by atoms with Crippen LogP contribution in [0, 0.1) is 23.7 Å². The first-order chi connectivity index (χ1) is 11.8. The van der Waals surface area contributed by atoms with Crippen molar-refractivity contribution in [1.82, 2.24) is 9.97 Å². The minimum atomic E-state index is 0.214. The van der Waals surface area contributed by atoms with E-state index in [1.54, 1.807) is 6.08 Å². The van der Waals surface area contributed by atoms with E-state index < -0.39 is 0 Å². The highest BCUT2D eigenvalue weighted by atomic mass is 32.2. The Bertz CT molecular complexity index is 943. The van der Waals surface area contributed by atoms with Crippen molar-refractivity contribution in [3.63, 3.8) is 0 Å². The molecule has 0 atom stereocenters. The normalized spacial score (nSPS) is 11.0. The van der Waals surface area contributed by atoms with E-state index in [4.69, 9.17) is 11.2 Å². The molecule has 0 unspecified atom stereocenters. The van der Waals surface area contributed by atoms with Gasteiger partial charge in [-0.25, -0.2) is 4.98 Å². The molecule has 5 heteroatoms. The second kappa shape index (κ2) is 7.41. The lowest BCUT2D eigenvalue weighted by Crippen LogP contribution is -1.93. The number of ether oxygens (including phenoxy) is 1. The Hall–Kier alpha value is -3.15. The van der Waals surface area contributed by atoms with Gasteiger partial charge in [0.1, 0.15) is 18.4 Å². The summed E-state index contributed by atoms with van der Waals surface area (Å²) in [7, 11) is 0. The summed E-state index contributed by atoms with van der Waals surface area (Å²) in [6.07, 6.45) is 6.98. The summed E-state index contributed by atoms with van der Waals surface area (Å²) < 4.78 is 5.40. The van der Waals surface area contributed by atoms with Crippen LogP contribution in [0.1, 0.15) is 5.56 Å². The van der Waals surface area contributed by atoms with Gasteiger partial charge in [-0.2, -0.15) is 5.26 Å². The maximum absolute atomic E-state index is 9.40. The summed E-state index contributed by atoms with van der Waals surface area (Å²) in [6.45, 7) is 0.214. The Morgan fingerprint density at radius 2 is 2.17 bits per heavy atom. The standard InChI is InChI=1S/C19H13N3OS/c1-2-10-23-15-7-5-6-14(11-15)12-16(13-20)24-19-21-17-8-3-4-9-18(17)22-19/h1,3-9,11-12H,10H2,(H,21,22)/b16-12+. The van der Waals surface area contributed by atoms with Crippen LogP contribution in [0.2, 0.25) is 0 Å². The molecule has 3 rings (SSSR count). The molecule has 0 aliphatic heterocycles. The molecule has 0 radical (unpaired) electrons. The molecular weight excluding hydrogens is 318 g/mol. The number of nitriles is 1. The maximum Gasteiger partial charge on any atom is 0.171 e. The number of terminal acetylenes is 1. The lowest BCUT2D eigenvalue weighted by atomic mass is 10.2. The molecule has 0 saturated carbocycles. The van der Waals surface area contributed by atoms with Crippen LogP contribution in [0.25, 0.3) is 17.1 Å². The number of hydrogen-bond acceptors (Lipinski definition) is 4. The molecule has 1 aromatic heterocycles.